The van der Waals surface area contributed by atoms with Crippen LogP contribution in [-0.4, -0.2) is 11.5 Å². The number of fused-ring (bicyclic) bond motifs is 1. The molecule has 3 rings (SSSR count). The number of halogens is 2. The predicted octanol–water partition coefficient (Wildman–Crippen LogP) is 3.16. The van der Waals surface area contributed by atoms with Crippen molar-refractivity contribution in [3.05, 3.63) is 64.7 Å². The molecule has 21 heavy (non-hydrogen) atoms. The van der Waals surface area contributed by atoms with E-state index in [0.29, 0.717) is 12.1 Å². The fourth-order valence-electron chi connectivity index (χ4n) is 2.72. The zero-order chi connectivity index (χ0) is 15.0. The fourth-order valence-corrected chi connectivity index (χ4v) is 2.92. The molecule has 0 aromatic heterocycles. The highest BCUT2D eigenvalue weighted by atomic mass is 32.1. The molecule has 0 atom stereocenters. The van der Waals surface area contributed by atoms with Gasteiger partial charge < -0.3 is 10.6 Å². The van der Waals surface area contributed by atoms with Crippen LogP contribution in [0.5, 0.6) is 0 Å². The van der Waals surface area contributed by atoms with E-state index < -0.39 is 0 Å². The molecule has 2 aromatic carbocycles. The second-order valence-corrected chi connectivity index (χ2v) is 5.55. The third-order valence-corrected chi connectivity index (χ3v) is 3.95. The summed E-state index contributed by atoms with van der Waals surface area (Å²) in [4.78, 5) is 2.26. The molecule has 0 saturated heterocycles. The van der Waals surface area contributed by atoms with Crippen LogP contribution < -0.4 is 10.6 Å². The molecule has 0 radical (unpaired) electrons. The molecular formula is C16H14F2N2S. The number of hydrogen-bond donors (Lipinski definition) is 1. The number of nitrogens with two attached hydrogens (primary N) is 1. The maximum atomic E-state index is 13.5. The zero-order valence-corrected chi connectivity index (χ0v) is 12.1. The molecule has 1 aliphatic rings. The minimum absolute atomic E-state index is 0.240. The third-order valence-electron chi connectivity index (χ3n) is 3.73. The summed E-state index contributed by atoms with van der Waals surface area (Å²) in [5.74, 6) is -0.599. The molecule has 0 bridgehead atoms. The molecule has 0 unspecified atom stereocenters. The quantitative estimate of drug-likeness (QED) is 0.883. The standard InChI is InChI=1S/C16H14F2N2S/c17-12-3-4-14(16(19)21)11(7-12)9-20-6-5-10-1-2-13(18)8-15(10)20/h1-4,7-8H,5-6,9H2,(H2,19,21). The fraction of sp³-hybridized carbons (Fsp3) is 0.188. The van der Waals surface area contributed by atoms with E-state index in [2.05, 4.69) is 0 Å². The van der Waals surface area contributed by atoms with Gasteiger partial charge in [-0.1, -0.05) is 18.3 Å². The van der Waals surface area contributed by atoms with Crippen LogP contribution in [-0.2, 0) is 13.0 Å². The lowest BCUT2D eigenvalue weighted by molar-refractivity contribution is 0.623. The molecular weight excluding hydrogens is 290 g/mol. The summed E-state index contributed by atoms with van der Waals surface area (Å²) < 4.78 is 26.9. The number of hydrogen-bond acceptors (Lipinski definition) is 2. The molecule has 0 spiro atoms. The van der Waals surface area contributed by atoms with Gasteiger partial charge in [0.05, 0.1) is 0 Å². The van der Waals surface area contributed by atoms with Crippen molar-refractivity contribution in [1.29, 1.82) is 0 Å². The van der Waals surface area contributed by atoms with E-state index in [0.717, 1.165) is 29.8 Å². The third kappa shape index (κ3) is 2.74. The second kappa shape index (κ2) is 5.41. The van der Waals surface area contributed by atoms with Crippen molar-refractivity contribution in [2.75, 3.05) is 11.4 Å². The maximum absolute atomic E-state index is 13.5. The summed E-state index contributed by atoms with van der Waals surface area (Å²) in [6, 6.07) is 9.15. The van der Waals surface area contributed by atoms with Gasteiger partial charge in [-0.3, -0.25) is 0 Å². The van der Waals surface area contributed by atoms with Crippen molar-refractivity contribution < 1.29 is 8.78 Å². The summed E-state index contributed by atoms with van der Waals surface area (Å²) in [7, 11) is 0. The number of anilines is 1. The van der Waals surface area contributed by atoms with Gasteiger partial charge in [-0.25, -0.2) is 8.78 Å². The molecule has 2 N–H and O–H groups in total. The van der Waals surface area contributed by atoms with Gasteiger partial charge >= 0.3 is 0 Å². The van der Waals surface area contributed by atoms with Crippen LogP contribution >= 0.6 is 12.2 Å². The first-order valence-corrected chi connectivity index (χ1v) is 7.07. The first-order chi connectivity index (χ1) is 10.0. The monoisotopic (exact) mass is 304 g/mol. The van der Waals surface area contributed by atoms with Crippen LogP contribution in [0.3, 0.4) is 0 Å². The Kier molecular flexibility index (Phi) is 3.59. The highest BCUT2D eigenvalue weighted by molar-refractivity contribution is 7.80. The second-order valence-electron chi connectivity index (χ2n) is 5.11. The van der Waals surface area contributed by atoms with Gasteiger partial charge in [0, 0.05) is 24.3 Å². The average Bonchev–Trinajstić information content (AvgIpc) is 2.81. The van der Waals surface area contributed by atoms with Gasteiger partial charge in [0.2, 0.25) is 0 Å². The van der Waals surface area contributed by atoms with E-state index in [1.807, 2.05) is 4.90 Å². The van der Waals surface area contributed by atoms with Crippen molar-refractivity contribution >= 4 is 22.9 Å². The van der Waals surface area contributed by atoms with E-state index in [9.17, 15) is 8.78 Å². The van der Waals surface area contributed by atoms with Gasteiger partial charge in [0.15, 0.2) is 0 Å². The Morgan fingerprint density at radius 2 is 1.86 bits per heavy atom. The first kappa shape index (κ1) is 13.9. The molecule has 1 aliphatic heterocycles. The van der Waals surface area contributed by atoms with Crippen LogP contribution in [0.4, 0.5) is 14.5 Å². The first-order valence-electron chi connectivity index (χ1n) is 6.66. The van der Waals surface area contributed by atoms with Gasteiger partial charge in [0.1, 0.15) is 16.6 Å². The zero-order valence-electron chi connectivity index (χ0n) is 11.3. The number of benzene rings is 2. The van der Waals surface area contributed by atoms with Crippen LogP contribution in [0.1, 0.15) is 16.7 Å². The Balaban J connectivity index is 1.94. The molecule has 0 fully saturated rings. The van der Waals surface area contributed by atoms with Crippen molar-refractivity contribution in [2.45, 2.75) is 13.0 Å². The highest BCUT2D eigenvalue weighted by Gasteiger charge is 2.21. The Morgan fingerprint density at radius 3 is 2.62 bits per heavy atom. The topological polar surface area (TPSA) is 29.3 Å². The van der Waals surface area contributed by atoms with E-state index in [1.165, 1.54) is 24.3 Å². The Labute approximate surface area is 127 Å². The normalized spacial score (nSPS) is 13.3. The van der Waals surface area contributed by atoms with E-state index in [4.69, 9.17) is 18.0 Å². The number of nitrogens with zero attached hydrogens (tertiary/aromatic N) is 1. The molecule has 2 aromatic rings. The van der Waals surface area contributed by atoms with E-state index in [-0.39, 0.29) is 16.6 Å². The minimum atomic E-state index is -0.330. The summed E-state index contributed by atoms with van der Waals surface area (Å²) in [5.41, 5.74) is 9.03. The Bertz CT molecular complexity index is 715. The van der Waals surface area contributed by atoms with Crippen LogP contribution in [0.2, 0.25) is 0 Å². The van der Waals surface area contributed by atoms with Crippen molar-refractivity contribution in [2.24, 2.45) is 5.73 Å². The van der Waals surface area contributed by atoms with E-state index in [1.54, 1.807) is 12.1 Å². The largest absolute Gasteiger partial charge is 0.389 e. The molecule has 1 heterocycles. The molecule has 0 aliphatic carbocycles. The van der Waals surface area contributed by atoms with Crippen molar-refractivity contribution in [1.82, 2.24) is 0 Å². The van der Waals surface area contributed by atoms with Crippen LogP contribution in [0, 0.1) is 11.6 Å². The smallest absolute Gasteiger partial charge is 0.125 e. The summed E-state index contributed by atoms with van der Waals surface area (Å²) in [6.45, 7) is 1.23. The highest BCUT2D eigenvalue weighted by Crippen LogP contribution is 2.30. The lowest BCUT2D eigenvalue weighted by Gasteiger charge is -2.21. The van der Waals surface area contributed by atoms with Crippen molar-refractivity contribution in [3.8, 4) is 0 Å². The lowest BCUT2D eigenvalue weighted by Crippen LogP contribution is -2.23. The molecule has 0 saturated carbocycles. The minimum Gasteiger partial charge on any atom is -0.389 e. The summed E-state index contributed by atoms with van der Waals surface area (Å²) >= 11 is 5.01. The molecule has 2 nitrogen and oxygen atoms in total. The lowest BCUT2D eigenvalue weighted by atomic mass is 10.1. The predicted molar refractivity (Wildman–Crippen MR) is 83.4 cm³/mol. The van der Waals surface area contributed by atoms with Gasteiger partial charge in [0.25, 0.3) is 0 Å². The summed E-state index contributed by atoms with van der Waals surface area (Å²) in [5, 5.41) is 0. The average molecular weight is 304 g/mol. The number of rotatable bonds is 3. The summed E-state index contributed by atoms with van der Waals surface area (Å²) in [6.07, 6.45) is 0.854. The van der Waals surface area contributed by atoms with Gasteiger partial charge in [-0.15, -0.1) is 0 Å². The number of thiocarbonyl (C=S) groups is 1. The molecule has 5 heteroatoms. The Morgan fingerprint density at radius 1 is 1.14 bits per heavy atom. The van der Waals surface area contributed by atoms with E-state index >= 15 is 0 Å². The Hall–Kier alpha value is -2.01. The van der Waals surface area contributed by atoms with Gasteiger partial charge in [-0.2, -0.15) is 0 Å². The van der Waals surface area contributed by atoms with Crippen LogP contribution in [0.25, 0.3) is 0 Å². The molecule has 108 valence electrons. The van der Waals surface area contributed by atoms with Crippen LogP contribution in [0.15, 0.2) is 36.4 Å². The molecule has 0 amide bonds. The SMILES string of the molecule is NC(=S)c1ccc(F)cc1CN1CCc2ccc(F)cc21. The van der Waals surface area contributed by atoms with Crippen molar-refractivity contribution in [3.63, 3.8) is 0 Å². The van der Waals surface area contributed by atoms with Gasteiger partial charge in [-0.05, 0) is 47.9 Å². The maximum Gasteiger partial charge on any atom is 0.125 e.